The lowest BCUT2D eigenvalue weighted by Crippen LogP contribution is -1.96. The molecule has 0 aliphatic heterocycles. The minimum atomic E-state index is 0.382. The number of rotatable bonds is 1. The van der Waals surface area contributed by atoms with Crippen LogP contribution in [0.3, 0.4) is 0 Å². The topological polar surface area (TPSA) is 48.6 Å². The number of hydrogen-bond acceptors (Lipinski definition) is 1. The Morgan fingerprint density at radius 2 is 1.73 bits per heavy atom. The van der Waals surface area contributed by atoms with Crippen molar-refractivity contribution in [3.05, 3.63) is 0 Å². The predicted molar refractivity (Wildman–Crippen MR) is 49.9 cm³/mol. The molecule has 1 N–H and O–H groups in total. The van der Waals surface area contributed by atoms with Crippen molar-refractivity contribution in [1.29, 1.82) is 5.41 Å². The Labute approximate surface area is 67.8 Å². The largest absolute Gasteiger partial charge is 0.287 e. The third kappa shape index (κ3) is 5.45. The number of aliphatic imine (C=N–C) groups is 2. The molecule has 0 spiro atoms. The highest BCUT2D eigenvalue weighted by Crippen LogP contribution is 1.88. The Bertz CT molecular complexity index is 197. The summed E-state index contributed by atoms with van der Waals surface area (Å²) in [5, 5.41) is 7.26. The molecule has 0 radical (unpaired) electrons. The molecule has 3 heteroatoms. The van der Waals surface area contributed by atoms with Gasteiger partial charge in [0.05, 0.1) is 0 Å². The van der Waals surface area contributed by atoms with Crippen molar-refractivity contribution >= 4 is 17.4 Å². The van der Waals surface area contributed by atoms with Gasteiger partial charge in [-0.2, -0.15) is 0 Å². The zero-order valence-corrected chi connectivity index (χ0v) is 7.60. The minimum absolute atomic E-state index is 0.382. The molecule has 0 aliphatic carbocycles. The predicted octanol–water partition coefficient (Wildman–Crippen LogP) is 2.27. The molecule has 0 aromatic heterocycles. The first-order chi connectivity index (χ1) is 5.06. The van der Waals surface area contributed by atoms with E-state index in [1.165, 1.54) is 0 Å². The van der Waals surface area contributed by atoms with Gasteiger partial charge in [-0.1, -0.05) is 6.92 Å². The first-order valence-electron chi connectivity index (χ1n) is 3.71. The summed E-state index contributed by atoms with van der Waals surface area (Å²) in [6.07, 6.45) is 0.662. The lowest BCUT2D eigenvalue weighted by atomic mass is 10.4. The molecular weight excluding hydrogens is 138 g/mol. The molecule has 0 aromatic carbocycles. The molecule has 62 valence electrons. The average Bonchev–Trinajstić information content (AvgIpc) is 1.85. The molecule has 0 aromatic rings. The normalized spacial score (nSPS) is 11.1. The summed E-state index contributed by atoms with van der Waals surface area (Å²) in [4.78, 5) is 8.04. The van der Waals surface area contributed by atoms with Crippen molar-refractivity contribution in [2.24, 2.45) is 9.98 Å². The second-order valence-electron chi connectivity index (χ2n) is 2.52. The summed E-state index contributed by atoms with van der Waals surface area (Å²) in [7, 11) is 0. The van der Waals surface area contributed by atoms with E-state index in [0.717, 1.165) is 5.71 Å². The molecule has 0 aliphatic rings. The summed E-state index contributed by atoms with van der Waals surface area (Å²) in [6.45, 7) is 7.53. The molecule has 0 amide bonds. The minimum Gasteiger partial charge on any atom is -0.287 e. The third-order valence-electron chi connectivity index (χ3n) is 1.02. The highest BCUT2D eigenvalue weighted by atomic mass is 14.9. The maximum absolute atomic E-state index is 7.26. The van der Waals surface area contributed by atoms with Gasteiger partial charge >= 0.3 is 0 Å². The molecule has 3 nitrogen and oxygen atoms in total. The van der Waals surface area contributed by atoms with Crippen LogP contribution in [0, 0.1) is 5.41 Å². The van der Waals surface area contributed by atoms with E-state index in [1.807, 2.05) is 20.8 Å². The first-order valence-corrected chi connectivity index (χ1v) is 3.71. The van der Waals surface area contributed by atoms with Crippen molar-refractivity contribution in [2.75, 3.05) is 0 Å². The molecule has 0 saturated carbocycles. The molecule has 0 saturated heterocycles. The summed E-state index contributed by atoms with van der Waals surface area (Å²) < 4.78 is 0. The van der Waals surface area contributed by atoms with Gasteiger partial charge in [0.15, 0.2) is 0 Å². The van der Waals surface area contributed by atoms with E-state index in [2.05, 4.69) is 9.98 Å². The van der Waals surface area contributed by atoms with Gasteiger partial charge in [0, 0.05) is 12.1 Å². The summed E-state index contributed by atoms with van der Waals surface area (Å²) >= 11 is 0. The van der Waals surface area contributed by atoms with Gasteiger partial charge in [-0.05, 0) is 20.8 Å². The molecule has 0 bridgehead atoms. The van der Waals surface area contributed by atoms with Crippen molar-refractivity contribution in [1.82, 2.24) is 0 Å². The SMILES string of the molecule is CCC(=N)/N=C(/C)N=C(C)C. The zero-order chi connectivity index (χ0) is 8.85. The Kier molecular flexibility index (Phi) is 4.34. The molecule has 11 heavy (non-hydrogen) atoms. The van der Waals surface area contributed by atoms with Gasteiger partial charge in [-0.25, -0.2) is 9.98 Å². The maximum Gasteiger partial charge on any atom is 0.127 e. The lowest BCUT2D eigenvalue weighted by molar-refractivity contribution is 1.20. The Balaban J connectivity index is 4.23. The van der Waals surface area contributed by atoms with Crippen LogP contribution >= 0.6 is 0 Å². The van der Waals surface area contributed by atoms with Crippen LogP contribution in [0.4, 0.5) is 0 Å². The maximum atomic E-state index is 7.26. The molecule has 0 atom stereocenters. The molecular formula is C8H15N3. The lowest BCUT2D eigenvalue weighted by Gasteiger charge is -1.93. The fraction of sp³-hybridized carbons (Fsp3) is 0.625. The first kappa shape index (κ1) is 10.0. The van der Waals surface area contributed by atoms with Crippen LogP contribution in [-0.2, 0) is 0 Å². The van der Waals surface area contributed by atoms with Crippen LogP contribution in [0.5, 0.6) is 0 Å². The fourth-order valence-corrected chi connectivity index (χ4v) is 0.623. The number of amidine groups is 2. The van der Waals surface area contributed by atoms with E-state index in [0.29, 0.717) is 18.1 Å². The number of hydrogen-bond donors (Lipinski definition) is 1. The van der Waals surface area contributed by atoms with E-state index in [-0.39, 0.29) is 0 Å². The highest BCUT2D eigenvalue weighted by molar-refractivity contribution is 6.00. The molecule has 0 unspecified atom stereocenters. The summed E-state index contributed by atoms with van der Waals surface area (Å²) in [6, 6.07) is 0. The standard InChI is InChI=1S/C8H15N3/c1-5-8(9)11-7(4)10-6(2)3/h9H,5H2,1-4H3/b9-8?,11-7-. The van der Waals surface area contributed by atoms with Gasteiger partial charge in [-0.3, -0.25) is 5.41 Å². The van der Waals surface area contributed by atoms with Crippen molar-refractivity contribution < 1.29 is 0 Å². The van der Waals surface area contributed by atoms with Crippen LogP contribution in [0.25, 0.3) is 0 Å². The zero-order valence-electron chi connectivity index (χ0n) is 7.60. The van der Waals surface area contributed by atoms with Crippen molar-refractivity contribution in [3.63, 3.8) is 0 Å². The van der Waals surface area contributed by atoms with E-state index in [9.17, 15) is 0 Å². The van der Waals surface area contributed by atoms with E-state index < -0.39 is 0 Å². The monoisotopic (exact) mass is 153 g/mol. The summed E-state index contributed by atoms with van der Waals surface area (Å²) in [5.74, 6) is 1.05. The van der Waals surface area contributed by atoms with Crippen LogP contribution < -0.4 is 0 Å². The Hall–Kier alpha value is -0.990. The highest BCUT2D eigenvalue weighted by Gasteiger charge is 1.89. The quantitative estimate of drug-likeness (QED) is 0.444. The van der Waals surface area contributed by atoms with Gasteiger partial charge in [0.1, 0.15) is 11.7 Å². The summed E-state index contributed by atoms with van der Waals surface area (Å²) in [5.41, 5.74) is 0.968. The average molecular weight is 153 g/mol. The van der Waals surface area contributed by atoms with Gasteiger partial charge in [-0.15, -0.1) is 0 Å². The Morgan fingerprint density at radius 1 is 1.18 bits per heavy atom. The van der Waals surface area contributed by atoms with E-state index >= 15 is 0 Å². The van der Waals surface area contributed by atoms with Crippen LogP contribution in [-0.4, -0.2) is 17.4 Å². The molecule has 0 fully saturated rings. The van der Waals surface area contributed by atoms with Crippen molar-refractivity contribution in [3.8, 4) is 0 Å². The van der Waals surface area contributed by atoms with Gasteiger partial charge in [0.2, 0.25) is 0 Å². The van der Waals surface area contributed by atoms with Crippen LogP contribution in [0.2, 0.25) is 0 Å². The number of nitrogens with one attached hydrogen (secondary N) is 1. The van der Waals surface area contributed by atoms with Crippen LogP contribution in [0.1, 0.15) is 34.1 Å². The fourth-order valence-electron chi connectivity index (χ4n) is 0.623. The third-order valence-corrected chi connectivity index (χ3v) is 1.02. The van der Waals surface area contributed by atoms with Gasteiger partial charge in [0.25, 0.3) is 0 Å². The van der Waals surface area contributed by atoms with Gasteiger partial charge < -0.3 is 0 Å². The van der Waals surface area contributed by atoms with Crippen LogP contribution in [0.15, 0.2) is 9.98 Å². The molecule has 0 rings (SSSR count). The van der Waals surface area contributed by atoms with Crippen molar-refractivity contribution in [2.45, 2.75) is 34.1 Å². The number of nitrogens with zero attached hydrogens (tertiary/aromatic N) is 2. The Morgan fingerprint density at radius 3 is 2.09 bits per heavy atom. The van der Waals surface area contributed by atoms with E-state index in [1.54, 1.807) is 6.92 Å². The van der Waals surface area contributed by atoms with E-state index in [4.69, 9.17) is 5.41 Å². The second kappa shape index (κ2) is 4.77. The second-order valence-corrected chi connectivity index (χ2v) is 2.52. The molecule has 0 heterocycles. The smallest absolute Gasteiger partial charge is 0.127 e.